The standard InChI is InChI=1S/C5H13N3O2S/c6-11(9,10)8-5-2-1-3-7-4-5/h5,7-8H,1-4H2,(H2,6,9,10)/t5-/m0/s1. The molecule has 1 aliphatic heterocycles. The molecule has 0 radical (unpaired) electrons. The molecule has 0 saturated carbocycles. The van der Waals surface area contributed by atoms with Crippen LogP contribution in [-0.2, 0) is 10.2 Å². The van der Waals surface area contributed by atoms with Crippen molar-refractivity contribution >= 4 is 10.2 Å². The lowest BCUT2D eigenvalue weighted by atomic mass is 10.1. The minimum atomic E-state index is -3.51. The van der Waals surface area contributed by atoms with Crippen molar-refractivity contribution in [3.05, 3.63) is 0 Å². The Labute approximate surface area is 66.5 Å². The highest BCUT2D eigenvalue weighted by Gasteiger charge is 2.16. The molecule has 0 amide bonds. The molecule has 1 aliphatic rings. The molecule has 4 N–H and O–H groups in total. The van der Waals surface area contributed by atoms with Crippen LogP contribution in [0.2, 0.25) is 0 Å². The number of nitrogens with two attached hydrogens (primary N) is 1. The van der Waals surface area contributed by atoms with E-state index in [1.165, 1.54) is 0 Å². The third-order valence-corrected chi connectivity index (χ3v) is 2.29. The van der Waals surface area contributed by atoms with Gasteiger partial charge in [0.1, 0.15) is 0 Å². The molecule has 0 aromatic carbocycles. The van der Waals surface area contributed by atoms with Gasteiger partial charge in [-0.25, -0.2) is 5.14 Å². The molecule has 1 rings (SSSR count). The van der Waals surface area contributed by atoms with E-state index in [1.54, 1.807) is 0 Å². The highest BCUT2D eigenvalue weighted by molar-refractivity contribution is 7.87. The molecule has 11 heavy (non-hydrogen) atoms. The van der Waals surface area contributed by atoms with Crippen LogP contribution in [0.15, 0.2) is 0 Å². The molecule has 0 aliphatic carbocycles. The first-order valence-corrected chi connectivity index (χ1v) is 5.13. The zero-order valence-electron chi connectivity index (χ0n) is 6.21. The summed E-state index contributed by atoms with van der Waals surface area (Å²) in [6, 6.07) is -0.0289. The molecular weight excluding hydrogens is 166 g/mol. The van der Waals surface area contributed by atoms with Crippen LogP contribution >= 0.6 is 0 Å². The van der Waals surface area contributed by atoms with Crippen molar-refractivity contribution in [1.29, 1.82) is 0 Å². The van der Waals surface area contributed by atoms with Crippen molar-refractivity contribution in [2.45, 2.75) is 18.9 Å². The van der Waals surface area contributed by atoms with Crippen LogP contribution in [0, 0.1) is 0 Å². The molecule has 6 heteroatoms. The minimum Gasteiger partial charge on any atom is -0.315 e. The predicted molar refractivity (Wildman–Crippen MR) is 42.1 cm³/mol. The van der Waals surface area contributed by atoms with Crippen molar-refractivity contribution < 1.29 is 8.42 Å². The van der Waals surface area contributed by atoms with Crippen molar-refractivity contribution in [3.8, 4) is 0 Å². The van der Waals surface area contributed by atoms with Gasteiger partial charge in [0.15, 0.2) is 0 Å². The van der Waals surface area contributed by atoms with Crippen LogP contribution in [-0.4, -0.2) is 27.5 Å². The van der Waals surface area contributed by atoms with E-state index in [-0.39, 0.29) is 6.04 Å². The summed E-state index contributed by atoms with van der Waals surface area (Å²) in [4.78, 5) is 0. The fraction of sp³-hybridized carbons (Fsp3) is 1.00. The van der Waals surface area contributed by atoms with Crippen LogP contribution in [0.1, 0.15) is 12.8 Å². The third-order valence-electron chi connectivity index (χ3n) is 1.63. The molecular formula is C5H13N3O2S. The Morgan fingerprint density at radius 3 is 2.73 bits per heavy atom. The topological polar surface area (TPSA) is 84.2 Å². The Morgan fingerprint density at radius 2 is 2.27 bits per heavy atom. The van der Waals surface area contributed by atoms with Crippen molar-refractivity contribution in [2.75, 3.05) is 13.1 Å². The molecule has 5 nitrogen and oxygen atoms in total. The van der Waals surface area contributed by atoms with Gasteiger partial charge in [0.25, 0.3) is 10.2 Å². The number of rotatable bonds is 2. The molecule has 1 fully saturated rings. The summed E-state index contributed by atoms with van der Waals surface area (Å²) < 4.78 is 23.4. The highest BCUT2D eigenvalue weighted by Crippen LogP contribution is 2.00. The Kier molecular flexibility index (Phi) is 2.83. The fourth-order valence-electron chi connectivity index (χ4n) is 1.18. The van der Waals surface area contributed by atoms with Crippen LogP contribution in [0.3, 0.4) is 0 Å². The Bertz CT molecular complexity index is 208. The first-order chi connectivity index (χ1) is 5.08. The zero-order chi connectivity index (χ0) is 8.32. The van der Waals surface area contributed by atoms with Gasteiger partial charge in [-0.15, -0.1) is 0 Å². The quantitative estimate of drug-likeness (QED) is 0.484. The summed E-state index contributed by atoms with van der Waals surface area (Å²) >= 11 is 0. The fourth-order valence-corrected chi connectivity index (χ4v) is 1.85. The van der Waals surface area contributed by atoms with E-state index in [0.717, 1.165) is 19.4 Å². The Hall–Kier alpha value is -0.170. The third kappa shape index (κ3) is 3.66. The zero-order valence-corrected chi connectivity index (χ0v) is 7.02. The molecule has 1 saturated heterocycles. The summed E-state index contributed by atoms with van der Waals surface area (Å²) in [7, 11) is -3.51. The van der Waals surface area contributed by atoms with Gasteiger partial charge >= 0.3 is 0 Å². The van der Waals surface area contributed by atoms with E-state index in [4.69, 9.17) is 5.14 Å². The van der Waals surface area contributed by atoms with Gasteiger partial charge < -0.3 is 5.32 Å². The van der Waals surface area contributed by atoms with Crippen molar-refractivity contribution in [3.63, 3.8) is 0 Å². The first-order valence-electron chi connectivity index (χ1n) is 3.59. The Balaban J connectivity index is 2.36. The number of piperidine rings is 1. The lowest BCUT2D eigenvalue weighted by Crippen LogP contribution is -2.47. The molecule has 0 aromatic rings. The maximum atomic E-state index is 10.5. The van der Waals surface area contributed by atoms with Gasteiger partial charge in [-0.1, -0.05) is 0 Å². The second-order valence-electron chi connectivity index (χ2n) is 2.71. The lowest BCUT2D eigenvalue weighted by molar-refractivity contribution is 0.429. The van der Waals surface area contributed by atoms with Gasteiger partial charge in [-0.2, -0.15) is 13.1 Å². The Morgan fingerprint density at radius 1 is 1.55 bits per heavy atom. The van der Waals surface area contributed by atoms with Gasteiger partial charge in [-0.3, -0.25) is 0 Å². The normalized spacial score (nSPS) is 26.8. The molecule has 1 heterocycles. The van der Waals surface area contributed by atoms with Gasteiger partial charge in [0, 0.05) is 12.6 Å². The van der Waals surface area contributed by atoms with Crippen molar-refractivity contribution in [2.24, 2.45) is 5.14 Å². The van der Waals surface area contributed by atoms with Crippen LogP contribution in [0.5, 0.6) is 0 Å². The monoisotopic (exact) mass is 179 g/mol. The summed E-state index contributed by atoms with van der Waals surface area (Å²) in [5, 5.41) is 7.87. The average Bonchev–Trinajstić information content (AvgIpc) is 1.85. The maximum Gasteiger partial charge on any atom is 0.274 e. The number of hydrogen-bond acceptors (Lipinski definition) is 3. The minimum absolute atomic E-state index is 0.0289. The summed E-state index contributed by atoms with van der Waals surface area (Å²) in [5.74, 6) is 0. The van der Waals surface area contributed by atoms with E-state index in [9.17, 15) is 8.42 Å². The van der Waals surface area contributed by atoms with E-state index < -0.39 is 10.2 Å². The SMILES string of the molecule is NS(=O)(=O)N[C@H]1CCCNC1. The second kappa shape index (κ2) is 3.48. The van der Waals surface area contributed by atoms with Crippen molar-refractivity contribution in [1.82, 2.24) is 10.0 Å². The predicted octanol–water partition coefficient (Wildman–Crippen LogP) is -1.47. The van der Waals surface area contributed by atoms with Crippen LogP contribution in [0.25, 0.3) is 0 Å². The van der Waals surface area contributed by atoms with E-state index in [2.05, 4.69) is 10.0 Å². The molecule has 0 spiro atoms. The summed E-state index contributed by atoms with van der Waals surface area (Å²) in [6.07, 6.45) is 1.86. The molecule has 0 aromatic heterocycles. The van der Waals surface area contributed by atoms with Crippen LogP contribution < -0.4 is 15.2 Å². The maximum absolute atomic E-state index is 10.5. The first kappa shape index (κ1) is 8.92. The van der Waals surface area contributed by atoms with Gasteiger partial charge in [-0.05, 0) is 19.4 Å². The van der Waals surface area contributed by atoms with Gasteiger partial charge in [0.05, 0.1) is 0 Å². The average molecular weight is 179 g/mol. The van der Waals surface area contributed by atoms with E-state index in [0.29, 0.717) is 6.54 Å². The van der Waals surface area contributed by atoms with E-state index in [1.807, 2.05) is 0 Å². The summed E-state index contributed by atoms with van der Waals surface area (Å²) in [6.45, 7) is 1.64. The number of nitrogens with one attached hydrogen (secondary N) is 2. The molecule has 66 valence electrons. The van der Waals surface area contributed by atoms with Gasteiger partial charge in [0.2, 0.25) is 0 Å². The second-order valence-corrected chi connectivity index (χ2v) is 4.03. The highest BCUT2D eigenvalue weighted by atomic mass is 32.2. The summed E-state index contributed by atoms with van der Waals surface area (Å²) in [5.41, 5.74) is 0. The largest absolute Gasteiger partial charge is 0.315 e. The number of hydrogen-bond donors (Lipinski definition) is 3. The molecule has 1 atom stereocenters. The van der Waals surface area contributed by atoms with Crippen LogP contribution in [0.4, 0.5) is 0 Å². The van der Waals surface area contributed by atoms with E-state index >= 15 is 0 Å². The molecule has 0 bridgehead atoms. The smallest absolute Gasteiger partial charge is 0.274 e. The lowest BCUT2D eigenvalue weighted by Gasteiger charge is -2.22. The molecule has 0 unspecified atom stereocenters.